The molecule has 7 heteroatoms. The summed E-state index contributed by atoms with van der Waals surface area (Å²) in [5, 5.41) is 21.4. The van der Waals surface area contributed by atoms with Crippen LogP contribution in [0.2, 0.25) is 0 Å². The van der Waals surface area contributed by atoms with Crippen molar-refractivity contribution in [2.75, 3.05) is 7.11 Å². The predicted octanol–water partition coefficient (Wildman–Crippen LogP) is 5.31. The van der Waals surface area contributed by atoms with Gasteiger partial charge in [-0.2, -0.15) is 0 Å². The molecule has 172 valence electrons. The number of nitrogens with zero attached hydrogens (tertiary/aromatic N) is 1. The number of aryl methyl sites for hydroxylation is 1. The average Bonchev–Trinajstić information content (AvgIpc) is 2.77. The Morgan fingerprint density at radius 2 is 2.00 bits per heavy atom. The van der Waals surface area contributed by atoms with Crippen molar-refractivity contribution in [1.29, 1.82) is 0 Å². The average molecular weight is 450 g/mol. The standard InChI is InChI=1S/C26H27NO6/c1-14(2)10-19(28)17-7-8-21-23(25(17)31-4)26(30)32-13-18-22(16-6-5-9-27-12-16)15(3)11-20(29)24(18)33-21/h5-9,11-12,14,19,28-29H,10,13H2,1-4H3. The van der Waals surface area contributed by atoms with E-state index in [-0.39, 0.29) is 41.1 Å². The molecule has 0 saturated carbocycles. The highest BCUT2D eigenvalue weighted by molar-refractivity contribution is 5.97. The number of fused-ring (bicyclic) bond motifs is 2. The second kappa shape index (κ2) is 9.11. The number of hydrogen-bond donors (Lipinski definition) is 2. The third-order valence-corrected chi connectivity index (χ3v) is 5.68. The van der Waals surface area contributed by atoms with Crippen LogP contribution < -0.4 is 9.47 Å². The zero-order chi connectivity index (χ0) is 23.7. The minimum Gasteiger partial charge on any atom is -0.504 e. The van der Waals surface area contributed by atoms with Crippen molar-refractivity contribution in [3.8, 4) is 34.1 Å². The molecule has 0 fully saturated rings. The lowest BCUT2D eigenvalue weighted by Gasteiger charge is -2.25. The van der Waals surface area contributed by atoms with Crippen LogP contribution in [0, 0.1) is 12.8 Å². The molecule has 4 rings (SSSR count). The Bertz CT molecular complexity index is 1190. The van der Waals surface area contributed by atoms with E-state index in [0.29, 0.717) is 17.5 Å². The van der Waals surface area contributed by atoms with E-state index in [2.05, 4.69) is 4.98 Å². The number of esters is 1. The summed E-state index contributed by atoms with van der Waals surface area (Å²) >= 11 is 0. The summed E-state index contributed by atoms with van der Waals surface area (Å²) in [6.45, 7) is 5.75. The first kappa shape index (κ1) is 22.6. The fourth-order valence-electron chi connectivity index (χ4n) is 4.25. The smallest absolute Gasteiger partial charge is 0.346 e. The number of aliphatic hydroxyl groups excluding tert-OH is 1. The first-order valence-corrected chi connectivity index (χ1v) is 10.8. The molecule has 0 spiro atoms. The first-order valence-electron chi connectivity index (χ1n) is 10.8. The van der Waals surface area contributed by atoms with Gasteiger partial charge in [0.15, 0.2) is 11.5 Å². The van der Waals surface area contributed by atoms with Gasteiger partial charge in [-0.1, -0.05) is 19.9 Å². The number of carbonyl (C=O) groups is 1. The monoisotopic (exact) mass is 449 g/mol. The van der Waals surface area contributed by atoms with E-state index in [1.165, 1.54) is 7.11 Å². The molecule has 1 aliphatic heterocycles. The fraction of sp³-hybridized carbons (Fsp3) is 0.308. The summed E-state index contributed by atoms with van der Waals surface area (Å²) in [5.74, 6) is 0.118. The Morgan fingerprint density at radius 3 is 2.67 bits per heavy atom. The predicted molar refractivity (Wildman–Crippen MR) is 123 cm³/mol. The van der Waals surface area contributed by atoms with Crippen molar-refractivity contribution in [3.05, 3.63) is 65.0 Å². The molecule has 1 atom stereocenters. The number of cyclic esters (lactones) is 1. The van der Waals surface area contributed by atoms with Gasteiger partial charge in [-0.15, -0.1) is 0 Å². The fourth-order valence-corrected chi connectivity index (χ4v) is 4.25. The van der Waals surface area contributed by atoms with Crippen LogP contribution in [0.15, 0.2) is 42.7 Å². The van der Waals surface area contributed by atoms with Gasteiger partial charge < -0.3 is 24.4 Å². The van der Waals surface area contributed by atoms with Gasteiger partial charge in [0.25, 0.3) is 0 Å². The maximum atomic E-state index is 13.1. The third-order valence-electron chi connectivity index (χ3n) is 5.68. The summed E-state index contributed by atoms with van der Waals surface area (Å²) in [6, 6.07) is 8.59. The Hall–Kier alpha value is -3.58. The molecule has 0 amide bonds. The largest absolute Gasteiger partial charge is 0.504 e. The van der Waals surface area contributed by atoms with Gasteiger partial charge >= 0.3 is 5.97 Å². The molecule has 2 aromatic carbocycles. The van der Waals surface area contributed by atoms with Crippen LogP contribution in [0.4, 0.5) is 0 Å². The molecule has 0 radical (unpaired) electrons. The van der Waals surface area contributed by atoms with E-state index in [4.69, 9.17) is 14.2 Å². The highest BCUT2D eigenvalue weighted by Gasteiger charge is 2.31. The number of phenolic OH excluding ortho intramolecular Hbond substituents is 1. The van der Waals surface area contributed by atoms with Crippen LogP contribution in [-0.2, 0) is 11.3 Å². The van der Waals surface area contributed by atoms with E-state index in [1.54, 1.807) is 30.6 Å². The molecular weight excluding hydrogens is 422 g/mol. The summed E-state index contributed by atoms with van der Waals surface area (Å²) < 4.78 is 17.3. The minimum absolute atomic E-state index is 0.0677. The molecule has 1 aliphatic rings. The Morgan fingerprint density at radius 1 is 1.21 bits per heavy atom. The lowest BCUT2D eigenvalue weighted by molar-refractivity contribution is 0.0454. The van der Waals surface area contributed by atoms with Crippen molar-refractivity contribution in [1.82, 2.24) is 4.98 Å². The van der Waals surface area contributed by atoms with E-state index < -0.39 is 12.1 Å². The number of rotatable bonds is 5. The van der Waals surface area contributed by atoms with E-state index >= 15 is 0 Å². The zero-order valence-corrected chi connectivity index (χ0v) is 19.1. The number of ether oxygens (including phenoxy) is 3. The highest BCUT2D eigenvalue weighted by Crippen LogP contribution is 2.47. The number of phenols is 1. The zero-order valence-electron chi connectivity index (χ0n) is 19.1. The van der Waals surface area contributed by atoms with Crippen molar-refractivity contribution in [2.24, 2.45) is 5.92 Å². The molecule has 33 heavy (non-hydrogen) atoms. The lowest BCUT2D eigenvalue weighted by atomic mass is 9.94. The summed E-state index contributed by atoms with van der Waals surface area (Å²) in [7, 11) is 1.43. The van der Waals surface area contributed by atoms with Crippen molar-refractivity contribution >= 4 is 5.97 Å². The lowest BCUT2D eigenvalue weighted by Crippen LogP contribution is -2.15. The molecule has 2 heterocycles. The molecular formula is C26H27NO6. The molecule has 0 aliphatic carbocycles. The molecule has 0 saturated heterocycles. The number of hydrogen-bond acceptors (Lipinski definition) is 7. The van der Waals surface area contributed by atoms with E-state index in [9.17, 15) is 15.0 Å². The quantitative estimate of drug-likeness (QED) is 0.509. The van der Waals surface area contributed by atoms with Crippen LogP contribution in [0.1, 0.15) is 53.4 Å². The molecule has 3 aromatic rings. The maximum absolute atomic E-state index is 13.1. The number of carbonyl (C=O) groups excluding carboxylic acids is 1. The maximum Gasteiger partial charge on any atom is 0.346 e. The van der Waals surface area contributed by atoms with Gasteiger partial charge in [0.2, 0.25) is 0 Å². The van der Waals surface area contributed by atoms with Crippen molar-refractivity contribution < 1.29 is 29.2 Å². The Kier molecular flexibility index (Phi) is 6.24. The summed E-state index contributed by atoms with van der Waals surface area (Å²) in [6.07, 6.45) is 3.07. The van der Waals surface area contributed by atoms with Crippen LogP contribution in [-0.4, -0.2) is 28.3 Å². The van der Waals surface area contributed by atoms with Crippen LogP contribution in [0.25, 0.3) is 11.1 Å². The first-order chi connectivity index (χ1) is 15.8. The third kappa shape index (κ3) is 4.24. The number of benzene rings is 2. The molecule has 0 bridgehead atoms. The Labute approximate surface area is 192 Å². The van der Waals surface area contributed by atoms with Crippen LogP contribution in [0.5, 0.6) is 23.0 Å². The highest BCUT2D eigenvalue weighted by atomic mass is 16.5. The second-order valence-electron chi connectivity index (χ2n) is 8.52. The molecule has 1 aromatic heterocycles. The van der Waals surface area contributed by atoms with Crippen LogP contribution in [0.3, 0.4) is 0 Å². The molecule has 1 unspecified atom stereocenters. The summed E-state index contributed by atoms with van der Waals surface area (Å²) in [4.78, 5) is 17.3. The minimum atomic E-state index is -0.816. The van der Waals surface area contributed by atoms with Gasteiger partial charge in [-0.25, -0.2) is 4.79 Å². The molecule has 2 N–H and O–H groups in total. The van der Waals surface area contributed by atoms with Crippen LogP contribution >= 0.6 is 0 Å². The molecule has 7 nitrogen and oxygen atoms in total. The van der Waals surface area contributed by atoms with Crippen molar-refractivity contribution in [3.63, 3.8) is 0 Å². The van der Waals surface area contributed by atoms with Crippen molar-refractivity contribution in [2.45, 2.75) is 39.9 Å². The SMILES string of the molecule is COc1c(C(O)CC(C)C)ccc2c1C(=O)OCc1c(c(O)cc(C)c1-c1cccnc1)O2. The summed E-state index contributed by atoms with van der Waals surface area (Å²) in [5.41, 5.74) is 3.49. The Balaban J connectivity index is 1.88. The van der Waals surface area contributed by atoms with Gasteiger partial charge in [-0.05, 0) is 54.7 Å². The normalized spacial score (nSPS) is 13.8. The van der Waals surface area contributed by atoms with E-state index in [0.717, 1.165) is 16.7 Å². The van der Waals surface area contributed by atoms with E-state index in [1.807, 2.05) is 32.9 Å². The number of aliphatic hydroxyl groups is 1. The topological polar surface area (TPSA) is 98.1 Å². The van der Waals surface area contributed by atoms with Gasteiger partial charge in [-0.3, -0.25) is 4.98 Å². The number of methoxy groups -OCH3 is 1. The second-order valence-corrected chi connectivity index (χ2v) is 8.52. The number of aromatic hydroxyl groups is 1. The van der Waals surface area contributed by atoms with Gasteiger partial charge in [0.05, 0.1) is 13.2 Å². The number of aromatic nitrogens is 1. The number of pyridine rings is 1. The van der Waals surface area contributed by atoms with Gasteiger partial charge in [0.1, 0.15) is 23.7 Å². The van der Waals surface area contributed by atoms with Gasteiger partial charge in [0, 0.05) is 29.1 Å².